The zero-order chi connectivity index (χ0) is 22.4. The predicted molar refractivity (Wildman–Crippen MR) is 121 cm³/mol. The Balaban J connectivity index is 1.81. The van der Waals surface area contributed by atoms with Crippen LogP contribution in [0.3, 0.4) is 0 Å². The zero-order valence-electron chi connectivity index (χ0n) is 19.1. The van der Waals surface area contributed by atoms with Gasteiger partial charge in [-0.15, -0.1) is 0 Å². The van der Waals surface area contributed by atoms with Gasteiger partial charge in [-0.25, -0.2) is 4.79 Å². The number of benzene rings is 1. The van der Waals surface area contributed by atoms with Gasteiger partial charge in [0.25, 0.3) is 0 Å². The van der Waals surface area contributed by atoms with E-state index in [2.05, 4.69) is 12.2 Å². The fraction of sp³-hybridized carbons (Fsp3) is 0.520. The number of ether oxygens (including phenoxy) is 2. The molecule has 1 aliphatic rings. The third-order valence-electron chi connectivity index (χ3n) is 6.27. The van der Waals surface area contributed by atoms with E-state index in [1.54, 1.807) is 14.0 Å². The molecule has 0 aliphatic heterocycles. The van der Waals surface area contributed by atoms with E-state index in [1.165, 1.54) is 19.3 Å². The molecule has 0 bridgehead atoms. The van der Waals surface area contributed by atoms with Crippen LogP contribution in [0.25, 0.3) is 11.3 Å². The summed E-state index contributed by atoms with van der Waals surface area (Å²) in [5.74, 6) is 1.01. The Bertz CT molecular complexity index is 901. The minimum Gasteiger partial charge on any atom is -0.497 e. The molecule has 1 heterocycles. The molecule has 1 aliphatic carbocycles. The second-order valence-electron chi connectivity index (χ2n) is 8.32. The normalized spacial score (nSPS) is 18.5. The molecule has 31 heavy (non-hydrogen) atoms. The number of hydrogen-bond acceptors (Lipinski definition) is 4. The summed E-state index contributed by atoms with van der Waals surface area (Å²) in [7, 11) is 1.63. The highest BCUT2D eigenvalue weighted by molar-refractivity contribution is 5.92. The van der Waals surface area contributed by atoms with Crippen molar-refractivity contribution in [2.45, 2.75) is 65.5 Å². The zero-order valence-corrected chi connectivity index (χ0v) is 19.1. The van der Waals surface area contributed by atoms with Gasteiger partial charge < -0.3 is 19.4 Å². The molecule has 0 radical (unpaired) electrons. The van der Waals surface area contributed by atoms with E-state index < -0.39 is 0 Å². The van der Waals surface area contributed by atoms with Crippen molar-refractivity contribution in [2.75, 3.05) is 13.7 Å². The molecule has 1 amide bonds. The summed E-state index contributed by atoms with van der Waals surface area (Å²) in [6.07, 6.45) is 5.02. The minimum atomic E-state index is -0.339. The lowest BCUT2D eigenvalue weighted by Crippen LogP contribution is -2.41. The Hall–Kier alpha value is -2.76. The maximum absolute atomic E-state index is 12.7. The first-order valence-electron chi connectivity index (χ1n) is 11.3. The Morgan fingerprint density at radius 1 is 1.16 bits per heavy atom. The number of esters is 1. The number of nitrogens with zero attached hydrogens (tertiary/aromatic N) is 1. The highest BCUT2D eigenvalue weighted by atomic mass is 16.5. The fourth-order valence-corrected chi connectivity index (χ4v) is 4.37. The third kappa shape index (κ3) is 5.49. The van der Waals surface area contributed by atoms with Crippen molar-refractivity contribution in [1.82, 2.24) is 9.88 Å². The van der Waals surface area contributed by atoms with Gasteiger partial charge in [0.05, 0.1) is 19.3 Å². The molecule has 1 aromatic heterocycles. The van der Waals surface area contributed by atoms with Gasteiger partial charge in [0.1, 0.15) is 5.75 Å². The van der Waals surface area contributed by atoms with Gasteiger partial charge in [0.2, 0.25) is 5.91 Å². The lowest BCUT2D eigenvalue weighted by Gasteiger charge is -2.29. The number of carbonyl (C=O) groups excluding carboxylic acids is 2. The standard InChI is InChI=1S/C25H34N2O4/c1-5-31-25(29)21-16-23(19-10-12-20(30-4)13-11-19)27(18(21)3)15-14-24(28)26-22-9-7-6-8-17(22)2/h10-13,16-17,22H,5-9,14-15H2,1-4H3,(H,26,28). The van der Waals surface area contributed by atoms with E-state index in [0.29, 0.717) is 31.1 Å². The number of nitrogens with one attached hydrogen (secondary N) is 1. The number of rotatable bonds is 8. The summed E-state index contributed by atoms with van der Waals surface area (Å²) in [6, 6.07) is 9.83. The number of carbonyl (C=O) groups is 2. The van der Waals surface area contributed by atoms with Crippen LogP contribution in [0.1, 0.15) is 62.0 Å². The SMILES string of the molecule is CCOC(=O)c1cc(-c2ccc(OC)cc2)n(CCC(=O)NC2CCCCC2C)c1C. The Morgan fingerprint density at radius 3 is 2.52 bits per heavy atom. The highest BCUT2D eigenvalue weighted by Crippen LogP contribution is 2.29. The predicted octanol–water partition coefficient (Wildman–Crippen LogP) is 4.73. The Kier molecular flexibility index (Phi) is 7.77. The molecule has 1 saturated carbocycles. The largest absolute Gasteiger partial charge is 0.497 e. The van der Waals surface area contributed by atoms with E-state index in [1.807, 2.05) is 41.8 Å². The van der Waals surface area contributed by atoms with Crippen molar-refractivity contribution in [3.8, 4) is 17.0 Å². The van der Waals surface area contributed by atoms with Crippen molar-refractivity contribution < 1.29 is 19.1 Å². The first-order chi connectivity index (χ1) is 14.9. The molecule has 2 atom stereocenters. The van der Waals surface area contributed by atoms with Crippen molar-refractivity contribution in [3.63, 3.8) is 0 Å². The molecule has 168 valence electrons. The van der Waals surface area contributed by atoms with E-state index in [-0.39, 0.29) is 17.9 Å². The van der Waals surface area contributed by atoms with Crippen LogP contribution in [0.15, 0.2) is 30.3 Å². The van der Waals surface area contributed by atoms with E-state index >= 15 is 0 Å². The van der Waals surface area contributed by atoms with Crippen LogP contribution in [0.5, 0.6) is 5.75 Å². The van der Waals surface area contributed by atoms with Gasteiger partial charge >= 0.3 is 5.97 Å². The van der Waals surface area contributed by atoms with Crippen LogP contribution >= 0.6 is 0 Å². The van der Waals surface area contributed by atoms with Gasteiger partial charge in [-0.3, -0.25) is 4.79 Å². The molecule has 2 aromatic rings. The second-order valence-corrected chi connectivity index (χ2v) is 8.32. The van der Waals surface area contributed by atoms with E-state index in [9.17, 15) is 9.59 Å². The van der Waals surface area contributed by atoms with Crippen molar-refractivity contribution >= 4 is 11.9 Å². The summed E-state index contributed by atoms with van der Waals surface area (Å²) >= 11 is 0. The lowest BCUT2D eigenvalue weighted by atomic mass is 9.86. The molecule has 1 fully saturated rings. The summed E-state index contributed by atoms with van der Waals surface area (Å²) < 4.78 is 12.5. The van der Waals surface area contributed by atoms with Crippen LogP contribution in [-0.4, -0.2) is 36.2 Å². The first-order valence-corrected chi connectivity index (χ1v) is 11.3. The van der Waals surface area contributed by atoms with E-state index in [4.69, 9.17) is 9.47 Å². The molecule has 1 N–H and O–H groups in total. The molecule has 0 saturated heterocycles. The van der Waals surface area contributed by atoms with Crippen LogP contribution in [0.2, 0.25) is 0 Å². The summed E-state index contributed by atoms with van der Waals surface area (Å²) in [4.78, 5) is 25.1. The fourth-order valence-electron chi connectivity index (χ4n) is 4.37. The highest BCUT2D eigenvalue weighted by Gasteiger charge is 2.24. The van der Waals surface area contributed by atoms with E-state index in [0.717, 1.165) is 29.1 Å². The summed E-state index contributed by atoms with van der Waals surface area (Å²) in [5, 5.41) is 3.22. The third-order valence-corrected chi connectivity index (χ3v) is 6.27. The number of hydrogen-bond donors (Lipinski definition) is 1. The topological polar surface area (TPSA) is 69.6 Å². The summed E-state index contributed by atoms with van der Waals surface area (Å²) in [5.41, 5.74) is 3.19. The molecule has 6 heteroatoms. The van der Waals surface area contributed by atoms with Crippen molar-refractivity contribution in [3.05, 3.63) is 41.6 Å². The maximum Gasteiger partial charge on any atom is 0.339 e. The van der Waals surface area contributed by atoms with Gasteiger partial charge in [0, 0.05) is 30.4 Å². The monoisotopic (exact) mass is 426 g/mol. The van der Waals surface area contributed by atoms with Crippen LogP contribution in [-0.2, 0) is 16.1 Å². The van der Waals surface area contributed by atoms with Gasteiger partial charge in [-0.1, -0.05) is 19.8 Å². The van der Waals surface area contributed by atoms with Crippen LogP contribution in [0.4, 0.5) is 0 Å². The van der Waals surface area contributed by atoms with Gasteiger partial charge in [-0.05, 0) is 68.5 Å². The van der Waals surface area contributed by atoms with Gasteiger partial charge in [-0.2, -0.15) is 0 Å². The average Bonchev–Trinajstić information content (AvgIpc) is 3.10. The maximum atomic E-state index is 12.7. The minimum absolute atomic E-state index is 0.0604. The molecule has 6 nitrogen and oxygen atoms in total. The molecule has 3 rings (SSSR count). The number of aromatic nitrogens is 1. The second kappa shape index (κ2) is 10.5. The Labute approximate surface area is 184 Å². The number of methoxy groups -OCH3 is 1. The summed E-state index contributed by atoms with van der Waals surface area (Å²) in [6.45, 7) is 6.74. The first kappa shape index (κ1) is 22.9. The lowest BCUT2D eigenvalue weighted by molar-refractivity contribution is -0.122. The average molecular weight is 427 g/mol. The molecule has 2 unspecified atom stereocenters. The molecular weight excluding hydrogens is 392 g/mol. The Morgan fingerprint density at radius 2 is 1.87 bits per heavy atom. The molecular formula is C25H34N2O4. The number of amides is 1. The van der Waals surface area contributed by atoms with Gasteiger partial charge in [0.15, 0.2) is 0 Å². The van der Waals surface area contributed by atoms with Crippen molar-refractivity contribution in [2.24, 2.45) is 5.92 Å². The molecule has 1 aromatic carbocycles. The van der Waals surface area contributed by atoms with Crippen LogP contribution < -0.4 is 10.1 Å². The molecule has 0 spiro atoms. The quantitative estimate of drug-likeness (QED) is 0.620. The van der Waals surface area contributed by atoms with Crippen LogP contribution in [0, 0.1) is 12.8 Å². The smallest absolute Gasteiger partial charge is 0.339 e. The van der Waals surface area contributed by atoms with Crippen molar-refractivity contribution in [1.29, 1.82) is 0 Å².